The quantitative estimate of drug-likeness (QED) is 0.703. The van der Waals surface area contributed by atoms with E-state index in [0.717, 1.165) is 19.3 Å². The van der Waals surface area contributed by atoms with Crippen LogP contribution in [0.4, 0.5) is 0 Å². The summed E-state index contributed by atoms with van der Waals surface area (Å²) in [6, 6.07) is -0.703. The number of rotatable bonds is 6. The van der Waals surface area contributed by atoms with Crippen LogP contribution < -0.4 is 0 Å². The van der Waals surface area contributed by atoms with Crippen molar-refractivity contribution in [3.05, 3.63) is 0 Å². The lowest BCUT2D eigenvalue weighted by molar-refractivity contribution is -0.152. The van der Waals surface area contributed by atoms with Crippen LogP contribution in [0.25, 0.3) is 0 Å². The van der Waals surface area contributed by atoms with Gasteiger partial charge in [-0.2, -0.15) is 0 Å². The van der Waals surface area contributed by atoms with Gasteiger partial charge in [0.05, 0.1) is 13.2 Å². The molecule has 1 aliphatic heterocycles. The van der Waals surface area contributed by atoms with Crippen LogP contribution in [0.2, 0.25) is 0 Å². The lowest BCUT2D eigenvalue weighted by Crippen LogP contribution is -2.46. The van der Waals surface area contributed by atoms with Crippen molar-refractivity contribution in [1.29, 1.82) is 0 Å². The van der Waals surface area contributed by atoms with Gasteiger partial charge in [-0.25, -0.2) is 4.79 Å². The van der Waals surface area contributed by atoms with Gasteiger partial charge >= 0.3 is 5.97 Å². The monoisotopic (exact) mass is 259 g/mol. The molecule has 1 fully saturated rings. The molecule has 1 saturated heterocycles. The Morgan fingerprint density at radius 1 is 1.28 bits per heavy atom. The molecule has 1 amide bonds. The third kappa shape index (κ3) is 4.62. The van der Waals surface area contributed by atoms with Crippen LogP contribution >= 0.6 is 0 Å². The minimum atomic E-state index is -0.929. The first-order valence-electron chi connectivity index (χ1n) is 6.25. The number of aliphatic carboxylic acids is 1. The summed E-state index contributed by atoms with van der Waals surface area (Å²) < 4.78 is 9.95. The third-order valence-electron chi connectivity index (χ3n) is 3.02. The molecule has 0 aliphatic carbocycles. The molecular weight excluding hydrogens is 238 g/mol. The molecule has 0 aromatic heterocycles. The Labute approximate surface area is 107 Å². The largest absolute Gasteiger partial charge is 0.480 e. The molecule has 0 radical (unpaired) electrons. The number of methoxy groups -OCH3 is 1. The fourth-order valence-electron chi connectivity index (χ4n) is 2.05. The van der Waals surface area contributed by atoms with Gasteiger partial charge < -0.3 is 19.5 Å². The Bertz CT molecular complexity index is 282. The Balaban J connectivity index is 2.48. The fraction of sp³-hybridized carbons (Fsp3) is 0.833. The Morgan fingerprint density at radius 2 is 2.06 bits per heavy atom. The molecule has 0 bridgehead atoms. The average molecular weight is 259 g/mol. The number of ether oxygens (including phenoxy) is 2. The zero-order valence-corrected chi connectivity index (χ0v) is 10.8. The van der Waals surface area contributed by atoms with Crippen molar-refractivity contribution in [2.75, 3.05) is 33.5 Å². The minimum Gasteiger partial charge on any atom is -0.480 e. The third-order valence-corrected chi connectivity index (χ3v) is 3.02. The Kier molecular flexibility index (Phi) is 6.67. The van der Waals surface area contributed by atoms with Crippen molar-refractivity contribution in [2.45, 2.75) is 31.7 Å². The van der Waals surface area contributed by atoms with E-state index in [-0.39, 0.29) is 12.5 Å². The summed E-state index contributed by atoms with van der Waals surface area (Å²) in [5.41, 5.74) is 0. The molecule has 0 spiro atoms. The summed E-state index contributed by atoms with van der Waals surface area (Å²) >= 11 is 0. The van der Waals surface area contributed by atoms with Gasteiger partial charge in [0.2, 0.25) is 5.91 Å². The smallest absolute Gasteiger partial charge is 0.326 e. The standard InChI is InChI=1S/C12H21NO5/c1-17-7-8-18-9-11(14)13-6-4-2-3-5-10(13)12(15)16/h10H,2-9H2,1H3,(H,15,16). The number of carboxylic acids is 1. The maximum Gasteiger partial charge on any atom is 0.326 e. The zero-order valence-electron chi connectivity index (χ0n) is 10.8. The highest BCUT2D eigenvalue weighted by atomic mass is 16.5. The number of hydrogen-bond acceptors (Lipinski definition) is 4. The van der Waals surface area contributed by atoms with Crippen LogP contribution in [0, 0.1) is 0 Å². The van der Waals surface area contributed by atoms with E-state index in [0.29, 0.717) is 26.2 Å². The normalized spacial score (nSPS) is 20.5. The Hall–Kier alpha value is -1.14. The molecule has 1 N–H and O–H groups in total. The van der Waals surface area contributed by atoms with Gasteiger partial charge in [0.15, 0.2) is 0 Å². The number of carbonyl (C=O) groups excluding carboxylic acids is 1. The molecule has 18 heavy (non-hydrogen) atoms. The molecule has 104 valence electrons. The van der Waals surface area contributed by atoms with E-state index in [4.69, 9.17) is 14.6 Å². The topological polar surface area (TPSA) is 76.1 Å². The van der Waals surface area contributed by atoms with Gasteiger partial charge in [0, 0.05) is 13.7 Å². The van der Waals surface area contributed by atoms with Crippen LogP contribution in [-0.2, 0) is 19.1 Å². The van der Waals surface area contributed by atoms with E-state index in [1.165, 1.54) is 4.90 Å². The first kappa shape index (κ1) is 14.9. The summed E-state index contributed by atoms with van der Waals surface area (Å²) in [6.45, 7) is 1.19. The number of likely N-dealkylation sites (tertiary alicyclic amines) is 1. The number of nitrogens with zero attached hydrogens (tertiary/aromatic N) is 1. The summed E-state index contributed by atoms with van der Waals surface area (Å²) in [6.07, 6.45) is 3.20. The maximum atomic E-state index is 11.9. The van der Waals surface area contributed by atoms with Crippen LogP contribution in [0.3, 0.4) is 0 Å². The summed E-state index contributed by atoms with van der Waals surface area (Å²) in [5, 5.41) is 9.14. The first-order valence-corrected chi connectivity index (χ1v) is 6.25. The van der Waals surface area contributed by atoms with Crippen LogP contribution in [0.5, 0.6) is 0 Å². The van der Waals surface area contributed by atoms with Gasteiger partial charge in [0.25, 0.3) is 0 Å². The van der Waals surface area contributed by atoms with Crippen molar-refractivity contribution in [3.63, 3.8) is 0 Å². The van der Waals surface area contributed by atoms with E-state index in [2.05, 4.69) is 0 Å². The lowest BCUT2D eigenvalue weighted by Gasteiger charge is -2.26. The van der Waals surface area contributed by atoms with E-state index in [1.54, 1.807) is 7.11 Å². The van der Waals surface area contributed by atoms with Gasteiger partial charge in [-0.05, 0) is 12.8 Å². The second kappa shape index (κ2) is 8.05. The van der Waals surface area contributed by atoms with Crippen molar-refractivity contribution in [2.24, 2.45) is 0 Å². The molecule has 1 unspecified atom stereocenters. The number of carboxylic acid groups (broad SMARTS) is 1. The molecule has 1 atom stereocenters. The van der Waals surface area contributed by atoms with Crippen LogP contribution in [0.15, 0.2) is 0 Å². The molecule has 6 nitrogen and oxygen atoms in total. The van der Waals surface area contributed by atoms with Gasteiger partial charge in [-0.15, -0.1) is 0 Å². The van der Waals surface area contributed by atoms with E-state index >= 15 is 0 Å². The van der Waals surface area contributed by atoms with Crippen molar-refractivity contribution < 1.29 is 24.2 Å². The molecule has 1 aliphatic rings. The predicted molar refractivity (Wildman–Crippen MR) is 64.3 cm³/mol. The van der Waals surface area contributed by atoms with Crippen LogP contribution in [-0.4, -0.2) is 61.4 Å². The number of hydrogen-bond donors (Lipinski definition) is 1. The molecule has 6 heteroatoms. The minimum absolute atomic E-state index is 0.0762. The number of amides is 1. The average Bonchev–Trinajstić information content (AvgIpc) is 2.59. The highest BCUT2D eigenvalue weighted by Crippen LogP contribution is 2.17. The molecule has 0 aromatic rings. The highest BCUT2D eigenvalue weighted by Gasteiger charge is 2.30. The fourth-order valence-corrected chi connectivity index (χ4v) is 2.05. The highest BCUT2D eigenvalue weighted by molar-refractivity contribution is 5.84. The molecule has 1 rings (SSSR count). The summed E-state index contributed by atoms with van der Waals surface area (Å²) in [7, 11) is 1.56. The van der Waals surface area contributed by atoms with E-state index in [1.807, 2.05) is 0 Å². The van der Waals surface area contributed by atoms with Gasteiger partial charge in [-0.3, -0.25) is 4.79 Å². The second-order valence-corrected chi connectivity index (χ2v) is 4.34. The Morgan fingerprint density at radius 3 is 2.72 bits per heavy atom. The molecule has 0 aromatic carbocycles. The van der Waals surface area contributed by atoms with Crippen molar-refractivity contribution in [3.8, 4) is 0 Å². The van der Waals surface area contributed by atoms with E-state index in [9.17, 15) is 9.59 Å². The second-order valence-electron chi connectivity index (χ2n) is 4.34. The zero-order chi connectivity index (χ0) is 13.4. The SMILES string of the molecule is COCCOCC(=O)N1CCCCCC1C(=O)O. The van der Waals surface area contributed by atoms with Crippen molar-refractivity contribution in [1.82, 2.24) is 4.90 Å². The van der Waals surface area contributed by atoms with E-state index < -0.39 is 12.0 Å². The van der Waals surface area contributed by atoms with Crippen LogP contribution in [0.1, 0.15) is 25.7 Å². The van der Waals surface area contributed by atoms with Gasteiger partial charge in [-0.1, -0.05) is 12.8 Å². The first-order chi connectivity index (χ1) is 8.66. The predicted octanol–water partition coefficient (Wildman–Crippen LogP) is 0.505. The lowest BCUT2D eigenvalue weighted by atomic mass is 10.1. The molecular formula is C12H21NO5. The van der Waals surface area contributed by atoms with Gasteiger partial charge in [0.1, 0.15) is 12.6 Å². The molecule has 0 saturated carbocycles. The summed E-state index contributed by atoms with van der Waals surface area (Å²) in [5.74, 6) is -1.18. The summed E-state index contributed by atoms with van der Waals surface area (Å²) in [4.78, 5) is 24.5. The maximum absolute atomic E-state index is 11.9. The molecule has 1 heterocycles. The van der Waals surface area contributed by atoms with Crippen molar-refractivity contribution >= 4 is 11.9 Å². The number of carbonyl (C=O) groups is 2.